The number of likely N-dealkylation sites (tertiary alicyclic amines) is 1. The van der Waals surface area contributed by atoms with E-state index in [1.807, 2.05) is 0 Å². The van der Waals surface area contributed by atoms with E-state index >= 15 is 0 Å². The van der Waals surface area contributed by atoms with Gasteiger partial charge in [-0.15, -0.1) is 0 Å². The van der Waals surface area contributed by atoms with Crippen molar-refractivity contribution >= 4 is 12.0 Å². The predicted octanol–water partition coefficient (Wildman–Crippen LogP) is 0.884. The Kier molecular flexibility index (Phi) is 3.95. The van der Waals surface area contributed by atoms with Gasteiger partial charge < -0.3 is 20.1 Å². The van der Waals surface area contributed by atoms with Crippen LogP contribution in [0.3, 0.4) is 0 Å². The Bertz CT molecular complexity index is 398. The third-order valence-electron chi connectivity index (χ3n) is 3.73. The van der Waals surface area contributed by atoms with Crippen LogP contribution in [0.2, 0.25) is 0 Å². The number of alkyl carbamates (subject to hydrolysis) is 1. The Balaban J connectivity index is 1.83. The third-order valence-corrected chi connectivity index (χ3v) is 3.73. The number of aliphatic hydroxyl groups excluding tert-OH is 1. The molecule has 0 bridgehead atoms. The number of ether oxygens (including phenoxy) is 1. The third kappa shape index (κ3) is 3.62. The lowest BCUT2D eigenvalue weighted by atomic mass is 10.1. The summed E-state index contributed by atoms with van der Waals surface area (Å²) in [6.07, 6.45) is 1.32. The number of rotatable bonds is 3. The summed E-state index contributed by atoms with van der Waals surface area (Å²) < 4.78 is 5.17. The van der Waals surface area contributed by atoms with Gasteiger partial charge in [-0.3, -0.25) is 4.79 Å². The maximum Gasteiger partial charge on any atom is 0.407 e. The number of nitrogens with one attached hydrogen (secondary N) is 1. The van der Waals surface area contributed by atoms with Gasteiger partial charge in [-0.05, 0) is 40.0 Å². The zero-order valence-corrected chi connectivity index (χ0v) is 12.4. The molecular formula is C14H24N2O4. The zero-order chi connectivity index (χ0) is 15.0. The van der Waals surface area contributed by atoms with Crippen LogP contribution in [0.1, 0.15) is 40.0 Å². The lowest BCUT2D eigenvalue weighted by molar-refractivity contribution is -0.136. The molecule has 2 rings (SSSR count). The van der Waals surface area contributed by atoms with E-state index in [9.17, 15) is 14.7 Å². The molecular weight excluding hydrogens is 260 g/mol. The van der Waals surface area contributed by atoms with Crippen LogP contribution < -0.4 is 5.32 Å². The van der Waals surface area contributed by atoms with Crippen LogP contribution in [-0.2, 0) is 9.53 Å². The van der Waals surface area contributed by atoms with Gasteiger partial charge in [0.15, 0.2) is 0 Å². The topological polar surface area (TPSA) is 78.9 Å². The molecule has 2 N–H and O–H groups in total. The minimum absolute atomic E-state index is 0.0464. The van der Waals surface area contributed by atoms with Crippen LogP contribution >= 0.6 is 0 Å². The van der Waals surface area contributed by atoms with Crippen LogP contribution in [-0.4, -0.2) is 53.3 Å². The van der Waals surface area contributed by atoms with Gasteiger partial charge in [-0.1, -0.05) is 0 Å². The first kappa shape index (κ1) is 15.1. The summed E-state index contributed by atoms with van der Waals surface area (Å²) in [6, 6.07) is 0. The fraction of sp³-hybridized carbons (Fsp3) is 0.857. The molecule has 1 aliphatic heterocycles. The first-order valence-corrected chi connectivity index (χ1v) is 7.16. The van der Waals surface area contributed by atoms with Crippen molar-refractivity contribution in [3.63, 3.8) is 0 Å². The highest BCUT2D eigenvalue weighted by Crippen LogP contribution is 2.47. The van der Waals surface area contributed by atoms with Crippen molar-refractivity contribution in [3.8, 4) is 0 Å². The van der Waals surface area contributed by atoms with Crippen molar-refractivity contribution < 1.29 is 19.4 Å². The monoisotopic (exact) mass is 284 g/mol. The molecule has 114 valence electrons. The molecule has 0 aromatic carbocycles. The molecule has 1 heterocycles. The second-order valence-corrected chi connectivity index (χ2v) is 6.83. The maximum absolute atomic E-state index is 12.4. The molecule has 0 aromatic rings. The Morgan fingerprint density at radius 3 is 2.50 bits per heavy atom. The SMILES string of the molecule is CC(C)(C)OC(=O)NCC1(C(=O)N2CC[C@@H](O)C2)CC1. The minimum atomic E-state index is -0.538. The molecule has 1 aliphatic carbocycles. The molecule has 2 amide bonds. The zero-order valence-electron chi connectivity index (χ0n) is 12.4. The van der Waals surface area contributed by atoms with Gasteiger partial charge >= 0.3 is 6.09 Å². The van der Waals surface area contributed by atoms with Gasteiger partial charge in [0, 0.05) is 19.6 Å². The van der Waals surface area contributed by atoms with E-state index in [4.69, 9.17) is 4.74 Å². The quantitative estimate of drug-likeness (QED) is 0.806. The molecule has 1 saturated carbocycles. The second kappa shape index (κ2) is 5.24. The van der Waals surface area contributed by atoms with E-state index in [1.165, 1.54) is 0 Å². The molecule has 1 atom stereocenters. The van der Waals surface area contributed by atoms with Crippen LogP contribution in [0.25, 0.3) is 0 Å². The fourth-order valence-corrected chi connectivity index (χ4v) is 2.43. The lowest BCUT2D eigenvalue weighted by Crippen LogP contribution is -2.43. The van der Waals surface area contributed by atoms with E-state index in [-0.39, 0.29) is 5.91 Å². The molecule has 0 unspecified atom stereocenters. The average molecular weight is 284 g/mol. The van der Waals surface area contributed by atoms with E-state index in [0.717, 1.165) is 12.8 Å². The van der Waals surface area contributed by atoms with Crippen molar-refractivity contribution in [1.29, 1.82) is 0 Å². The van der Waals surface area contributed by atoms with Gasteiger partial charge in [0.1, 0.15) is 5.60 Å². The summed E-state index contributed by atoms with van der Waals surface area (Å²) >= 11 is 0. The first-order valence-electron chi connectivity index (χ1n) is 7.16. The summed E-state index contributed by atoms with van der Waals surface area (Å²) in [6.45, 7) is 6.73. The maximum atomic E-state index is 12.4. The Morgan fingerprint density at radius 1 is 1.40 bits per heavy atom. The Morgan fingerprint density at radius 2 is 2.05 bits per heavy atom. The molecule has 1 saturated heterocycles. The number of β-amino-alcohol motifs (C(OH)–C–C–N with tert-alkyl or cyclic N) is 1. The van der Waals surface area contributed by atoms with Crippen molar-refractivity contribution in [2.45, 2.75) is 51.7 Å². The van der Waals surface area contributed by atoms with E-state index < -0.39 is 23.2 Å². The highest BCUT2D eigenvalue weighted by molar-refractivity contribution is 5.86. The number of hydrogen-bond donors (Lipinski definition) is 2. The predicted molar refractivity (Wildman–Crippen MR) is 73.1 cm³/mol. The van der Waals surface area contributed by atoms with Crippen molar-refractivity contribution in [2.24, 2.45) is 5.41 Å². The molecule has 2 fully saturated rings. The molecule has 0 spiro atoms. The number of carbonyl (C=O) groups excluding carboxylic acids is 2. The highest BCUT2D eigenvalue weighted by Gasteiger charge is 2.52. The van der Waals surface area contributed by atoms with Crippen molar-refractivity contribution in [2.75, 3.05) is 19.6 Å². The number of nitrogens with zero attached hydrogens (tertiary/aromatic N) is 1. The number of hydrogen-bond acceptors (Lipinski definition) is 4. The Labute approximate surface area is 119 Å². The lowest BCUT2D eigenvalue weighted by Gasteiger charge is -2.24. The highest BCUT2D eigenvalue weighted by atomic mass is 16.6. The summed E-state index contributed by atoms with van der Waals surface area (Å²) in [5.41, 5.74) is -1.01. The van der Waals surface area contributed by atoms with E-state index in [0.29, 0.717) is 26.1 Å². The summed E-state index contributed by atoms with van der Waals surface area (Å²) in [5.74, 6) is 0.0464. The smallest absolute Gasteiger partial charge is 0.407 e. The summed E-state index contributed by atoms with van der Waals surface area (Å²) in [7, 11) is 0. The fourth-order valence-electron chi connectivity index (χ4n) is 2.43. The molecule has 0 aromatic heterocycles. The first-order chi connectivity index (χ1) is 9.22. The van der Waals surface area contributed by atoms with E-state index in [2.05, 4.69) is 5.32 Å². The minimum Gasteiger partial charge on any atom is -0.444 e. The van der Waals surface area contributed by atoms with Crippen LogP contribution in [0.4, 0.5) is 4.79 Å². The summed E-state index contributed by atoms with van der Waals surface area (Å²) in [4.78, 5) is 25.7. The number of aliphatic hydroxyl groups is 1. The second-order valence-electron chi connectivity index (χ2n) is 6.83. The molecule has 6 heteroatoms. The van der Waals surface area contributed by atoms with Crippen LogP contribution in [0.5, 0.6) is 0 Å². The van der Waals surface area contributed by atoms with Crippen LogP contribution in [0, 0.1) is 5.41 Å². The average Bonchev–Trinajstić information content (AvgIpc) is 2.99. The molecule has 20 heavy (non-hydrogen) atoms. The summed E-state index contributed by atoms with van der Waals surface area (Å²) in [5, 5.41) is 12.2. The number of carbonyl (C=O) groups is 2. The Hall–Kier alpha value is -1.30. The van der Waals surface area contributed by atoms with Gasteiger partial charge in [-0.2, -0.15) is 0 Å². The van der Waals surface area contributed by atoms with Crippen LogP contribution in [0.15, 0.2) is 0 Å². The molecule has 0 radical (unpaired) electrons. The largest absolute Gasteiger partial charge is 0.444 e. The molecule has 6 nitrogen and oxygen atoms in total. The van der Waals surface area contributed by atoms with Gasteiger partial charge in [0.2, 0.25) is 5.91 Å². The normalized spacial score (nSPS) is 24.4. The van der Waals surface area contributed by atoms with Crippen molar-refractivity contribution in [1.82, 2.24) is 10.2 Å². The van der Waals surface area contributed by atoms with E-state index in [1.54, 1.807) is 25.7 Å². The molecule has 2 aliphatic rings. The van der Waals surface area contributed by atoms with Gasteiger partial charge in [-0.25, -0.2) is 4.79 Å². The van der Waals surface area contributed by atoms with Crippen molar-refractivity contribution in [3.05, 3.63) is 0 Å². The standard InChI is InChI=1S/C14H24N2O4/c1-13(2,3)20-12(19)15-9-14(5-6-14)11(18)16-7-4-10(17)8-16/h10,17H,4-9H2,1-3H3,(H,15,19)/t10-/m1/s1. The van der Waals surface area contributed by atoms with Gasteiger partial charge in [0.25, 0.3) is 0 Å². The number of amides is 2. The van der Waals surface area contributed by atoms with Gasteiger partial charge in [0.05, 0.1) is 11.5 Å².